The second-order valence-electron chi connectivity index (χ2n) is 4.44. The lowest BCUT2D eigenvalue weighted by molar-refractivity contribution is -0.136. The highest BCUT2D eigenvalue weighted by Gasteiger charge is 2.13. The van der Waals surface area contributed by atoms with Gasteiger partial charge in [-0.05, 0) is 16.8 Å². The monoisotopic (exact) mass is 360 g/mol. The van der Waals surface area contributed by atoms with Crippen LogP contribution >= 0.6 is 34.3 Å². The van der Waals surface area contributed by atoms with E-state index in [0.29, 0.717) is 22.8 Å². The van der Waals surface area contributed by atoms with Crippen molar-refractivity contribution < 1.29 is 13.5 Å². The maximum Gasteiger partial charge on any atom is 0.345 e. The van der Waals surface area contributed by atoms with E-state index in [2.05, 4.69) is 15.0 Å². The van der Waals surface area contributed by atoms with Crippen LogP contribution in [-0.4, -0.2) is 11.6 Å². The zero-order chi connectivity index (χ0) is 15.5. The molecule has 3 aromatic rings. The minimum atomic E-state index is -2.80. The van der Waals surface area contributed by atoms with Gasteiger partial charge in [-0.15, -0.1) is 22.7 Å². The van der Waals surface area contributed by atoms with Gasteiger partial charge in [-0.3, -0.25) is 0 Å². The molecule has 116 valence electrons. The van der Waals surface area contributed by atoms with Gasteiger partial charge >= 0.3 is 6.61 Å². The minimum Gasteiger partial charge on any atom is -0.379 e. The lowest BCUT2D eigenvalue weighted by atomic mass is 10.2. The van der Waals surface area contributed by atoms with Crippen LogP contribution in [0, 0.1) is 0 Å². The Morgan fingerprint density at radius 3 is 2.95 bits per heavy atom. The van der Waals surface area contributed by atoms with E-state index in [9.17, 15) is 8.78 Å². The molecule has 3 heterocycles. The number of rotatable bonds is 6. The van der Waals surface area contributed by atoms with Gasteiger partial charge in [0.15, 0.2) is 0 Å². The molecule has 0 aliphatic carbocycles. The molecule has 0 bridgehead atoms. The van der Waals surface area contributed by atoms with Gasteiger partial charge in [-0.25, -0.2) is 4.98 Å². The molecule has 8 heteroatoms. The molecule has 1 N–H and O–H groups in total. The molecular formula is C14H11ClF2N2OS2. The summed E-state index contributed by atoms with van der Waals surface area (Å²) in [5.41, 5.74) is 2.06. The first kappa shape index (κ1) is 15.6. The molecule has 0 aromatic carbocycles. The van der Waals surface area contributed by atoms with E-state index in [4.69, 9.17) is 11.6 Å². The minimum absolute atomic E-state index is 0.185. The number of nitrogens with zero attached hydrogens (tertiary/aromatic N) is 1. The summed E-state index contributed by atoms with van der Waals surface area (Å²) in [6.07, 6.45) is 0. The first-order valence-corrected chi connectivity index (χ1v) is 8.50. The van der Waals surface area contributed by atoms with Crippen LogP contribution in [-0.2, 0) is 17.9 Å². The van der Waals surface area contributed by atoms with Gasteiger partial charge in [0.05, 0.1) is 22.5 Å². The van der Waals surface area contributed by atoms with Crippen molar-refractivity contribution in [1.29, 1.82) is 0 Å². The van der Waals surface area contributed by atoms with Crippen molar-refractivity contribution in [1.82, 2.24) is 4.98 Å². The number of ether oxygens (including phenoxy) is 1. The highest BCUT2D eigenvalue weighted by atomic mass is 35.5. The van der Waals surface area contributed by atoms with Crippen LogP contribution in [0.4, 0.5) is 14.5 Å². The summed E-state index contributed by atoms with van der Waals surface area (Å²) < 4.78 is 29.6. The SMILES string of the molecule is FC(F)OCc1csc2c(NCc3cccs3)cc(Cl)nc12. The van der Waals surface area contributed by atoms with E-state index < -0.39 is 6.61 Å². The molecule has 22 heavy (non-hydrogen) atoms. The van der Waals surface area contributed by atoms with Crippen molar-refractivity contribution in [2.24, 2.45) is 0 Å². The molecule has 0 fully saturated rings. The average molecular weight is 361 g/mol. The lowest BCUT2D eigenvalue weighted by Gasteiger charge is -2.07. The molecule has 0 saturated heterocycles. The molecule has 0 amide bonds. The molecule has 0 unspecified atom stereocenters. The van der Waals surface area contributed by atoms with Crippen molar-refractivity contribution >= 4 is 50.2 Å². The van der Waals surface area contributed by atoms with Gasteiger partial charge in [0.1, 0.15) is 5.15 Å². The van der Waals surface area contributed by atoms with Gasteiger partial charge in [-0.1, -0.05) is 17.7 Å². The number of alkyl halides is 2. The standard InChI is InChI=1S/C14H11ClF2N2OS2/c15-11-4-10(18-5-9-2-1-3-21-9)13-12(19-11)8(7-22-13)6-20-14(16)17/h1-4,7,14H,5-6H2,(H,18,19). The number of aromatic nitrogens is 1. The van der Waals surface area contributed by atoms with Gasteiger partial charge in [0.2, 0.25) is 0 Å². The van der Waals surface area contributed by atoms with Crippen LogP contribution in [0.1, 0.15) is 10.4 Å². The van der Waals surface area contributed by atoms with Crippen LogP contribution < -0.4 is 5.32 Å². The summed E-state index contributed by atoms with van der Waals surface area (Å²) in [6.45, 7) is -2.31. The zero-order valence-corrected chi connectivity index (χ0v) is 13.6. The summed E-state index contributed by atoms with van der Waals surface area (Å²) in [4.78, 5) is 5.43. The van der Waals surface area contributed by atoms with E-state index in [1.807, 2.05) is 17.5 Å². The number of pyridine rings is 1. The van der Waals surface area contributed by atoms with Gasteiger partial charge in [0, 0.05) is 23.1 Å². The van der Waals surface area contributed by atoms with Crippen molar-refractivity contribution in [3.8, 4) is 0 Å². The molecule has 0 atom stereocenters. The van der Waals surface area contributed by atoms with Crippen molar-refractivity contribution in [3.05, 3.63) is 44.6 Å². The Balaban J connectivity index is 1.86. The Morgan fingerprint density at radius 2 is 2.23 bits per heavy atom. The van der Waals surface area contributed by atoms with Crippen LogP contribution in [0.25, 0.3) is 10.2 Å². The third-order valence-electron chi connectivity index (χ3n) is 2.96. The number of hydrogen-bond donors (Lipinski definition) is 1. The zero-order valence-electron chi connectivity index (χ0n) is 11.2. The number of hydrogen-bond acceptors (Lipinski definition) is 5. The Morgan fingerprint density at radius 1 is 1.36 bits per heavy atom. The van der Waals surface area contributed by atoms with E-state index in [1.165, 1.54) is 16.2 Å². The largest absolute Gasteiger partial charge is 0.379 e. The van der Waals surface area contributed by atoms with E-state index in [0.717, 1.165) is 10.4 Å². The Labute approximate surface area is 138 Å². The van der Waals surface area contributed by atoms with Crippen LogP contribution in [0.3, 0.4) is 0 Å². The second kappa shape index (κ2) is 6.87. The highest BCUT2D eigenvalue weighted by Crippen LogP contribution is 2.34. The first-order chi connectivity index (χ1) is 10.6. The van der Waals surface area contributed by atoms with Crippen LogP contribution in [0.5, 0.6) is 0 Å². The maximum absolute atomic E-state index is 12.2. The number of fused-ring (bicyclic) bond motifs is 1. The fourth-order valence-electron chi connectivity index (χ4n) is 2.01. The highest BCUT2D eigenvalue weighted by molar-refractivity contribution is 7.18. The summed E-state index contributed by atoms with van der Waals surface area (Å²) in [6, 6.07) is 5.77. The second-order valence-corrected chi connectivity index (χ2v) is 6.73. The number of thiophene rings is 2. The summed E-state index contributed by atoms with van der Waals surface area (Å²) in [5.74, 6) is 0. The normalized spacial score (nSPS) is 11.5. The average Bonchev–Trinajstić information content (AvgIpc) is 3.12. The summed E-state index contributed by atoms with van der Waals surface area (Å²) >= 11 is 9.13. The molecule has 0 radical (unpaired) electrons. The molecule has 0 saturated carbocycles. The molecule has 0 spiro atoms. The molecule has 0 aliphatic rings. The lowest BCUT2D eigenvalue weighted by Crippen LogP contribution is -2.00. The Kier molecular flexibility index (Phi) is 4.87. The molecule has 3 rings (SSSR count). The Hall–Kier alpha value is -1.28. The fraction of sp³-hybridized carbons (Fsp3) is 0.214. The summed E-state index contributed by atoms with van der Waals surface area (Å²) in [5, 5.41) is 7.42. The van der Waals surface area contributed by atoms with Gasteiger partial charge in [0.25, 0.3) is 0 Å². The molecule has 3 nitrogen and oxygen atoms in total. The van der Waals surface area contributed by atoms with Crippen LogP contribution in [0.2, 0.25) is 5.15 Å². The molecule has 0 aliphatic heterocycles. The topological polar surface area (TPSA) is 34.1 Å². The van der Waals surface area contributed by atoms with Gasteiger partial charge in [-0.2, -0.15) is 8.78 Å². The number of anilines is 1. The van der Waals surface area contributed by atoms with E-state index in [1.54, 1.807) is 22.8 Å². The smallest absolute Gasteiger partial charge is 0.345 e. The molecule has 3 aromatic heterocycles. The molecular weight excluding hydrogens is 350 g/mol. The van der Waals surface area contributed by atoms with Crippen molar-refractivity contribution in [3.63, 3.8) is 0 Å². The van der Waals surface area contributed by atoms with Gasteiger partial charge < -0.3 is 10.1 Å². The van der Waals surface area contributed by atoms with Crippen LogP contribution in [0.15, 0.2) is 29.0 Å². The van der Waals surface area contributed by atoms with E-state index in [-0.39, 0.29) is 6.61 Å². The third-order valence-corrected chi connectivity index (χ3v) is 5.08. The van der Waals surface area contributed by atoms with Crippen molar-refractivity contribution in [2.45, 2.75) is 19.8 Å². The maximum atomic E-state index is 12.2. The third kappa shape index (κ3) is 3.55. The predicted octanol–water partition coefficient (Wildman–Crippen LogP) is 5.36. The predicted molar refractivity (Wildman–Crippen MR) is 87.1 cm³/mol. The number of halogens is 3. The Bertz CT molecular complexity index is 762. The van der Waals surface area contributed by atoms with E-state index >= 15 is 0 Å². The quantitative estimate of drug-likeness (QED) is 0.600. The number of nitrogens with one attached hydrogen (secondary N) is 1. The fourth-order valence-corrected chi connectivity index (χ4v) is 3.83. The first-order valence-electron chi connectivity index (χ1n) is 6.36. The summed E-state index contributed by atoms with van der Waals surface area (Å²) in [7, 11) is 0. The van der Waals surface area contributed by atoms with Crippen molar-refractivity contribution in [2.75, 3.05) is 5.32 Å².